The van der Waals surface area contributed by atoms with Gasteiger partial charge in [0, 0.05) is 18.8 Å². The van der Waals surface area contributed by atoms with Gasteiger partial charge < -0.3 is 24.8 Å². The molecule has 2 aromatic rings. The van der Waals surface area contributed by atoms with Crippen molar-refractivity contribution in [1.29, 1.82) is 0 Å². The lowest BCUT2D eigenvalue weighted by Crippen LogP contribution is -2.23. The molecule has 0 unspecified atom stereocenters. The molecule has 2 N–H and O–H groups in total. The molecule has 0 fully saturated rings. The predicted octanol–water partition coefficient (Wildman–Crippen LogP) is 3.56. The highest BCUT2D eigenvalue weighted by Gasteiger charge is 2.02. The summed E-state index contributed by atoms with van der Waals surface area (Å²) in [5.41, 5.74) is 1.11. The van der Waals surface area contributed by atoms with Crippen LogP contribution in [-0.2, 0) is 0 Å². The third-order valence-electron chi connectivity index (χ3n) is 3.63. The molecule has 5 heteroatoms. The van der Waals surface area contributed by atoms with Crippen LogP contribution in [-0.4, -0.2) is 40.0 Å². The van der Waals surface area contributed by atoms with E-state index >= 15 is 0 Å². The summed E-state index contributed by atoms with van der Waals surface area (Å²) in [6, 6.07) is 15.7. The highest BCUT2D eigenvalue weighted by molar-refractivity contribution is 5.46. The van der Waals surface area contributed by atoms with Gasteiger partial charge in [-0.25, -0.2) is 0 Å². The van der Waals surface area contributed by atoms with E-state index < -0.39 is 0 Å². The molecule has 0 amide bonds. The van der Waals surface area contributed by atoms with Crippen LogP contribution >= 0.6 is 0 Å². The van der Waals surface area contributed by atoms with E-state index in [1.165, 1.54) is 0 Å². The fraction of sp³-hybridized carbons (Fsp3) is 0.400. The first-order valence-electron chi connectivity index (χ1n) is 8.76. The third-order valence-corrected chi connectivity index (χ3v) is 3.63. The van der Waals surface area contributed by atoms with Crippen molar-refractivity contribution in [2.75, 3.05) is 45.3 Å². The Bertz CT molecular complexity index is 602. The van der Waals surface area contributed by atoms with Crippen molar-refractivity contribution >= 4 is 5.69 Å². The van der Waals surface area contributed by atoms with Gasteiger partial charge in [0.05, 0.1) is 13.7 Å². The summed E-state index contributed by atoms with van der Waals surface area (Å²) in [7, 11) is 1.67. The number of nitrogens with one attached hydrogen (secondary N) is 2. The third kappa shape index (κ3) is 6.93. The van der Waals surface area contributed by atoms with Crippen LogP contribution in [0.1, 0.15) is 13.3 Å². The van der Waals surface area contributed by atoms with E-state index in [2.05, 4.69) is 10.6 Å². The molecule has 2 aromatic carbocycles. The van der Waals surface area contributed by atoms with Gasteiger partial charge in [0.25, 0.3) is 0 Å². The number of methoxy groups -OCH3 is 1. The molecule has 0 radical (unpaired) electrons. The first-order chi connectivity index (χ1) is 12.3. The first-order valence-corrected chi connectivity index (χ1v) is 8.76. The second-order valence-corrected chi connectivity index (χ2v) is 5.49. The molecule has 0 heterocycles. The molecule has 0 spiro atoms. The second-order valence-electron chi connectivity index (χ2n) is 5.49. The maximum Gasteiger partial charge on any atom is 0.161 e. The van der Waals surface area contributed by atoms with E-state index in [0.717, 1.165) is 49.0 Å². The zero-order valence-corrected chi connectivity index (χ0v) is 15.1. The predicted molar refractivity (Wildman–Crippen MR) is 102 cm³/mol. The maximum absolute atomic E-state index is 5.77. The van der Waals surface area contributed by atoms with E-state index in [9.17, 15) is 0 Å². The highest BCUT2D eigenvalue weighted by Crippen LogP contribution is 2.26. The lowest BCUT2D eigenvalue weighted by atomic mass is 10.3. The van der Waals surface area contributed by atoms with Crippen LogP contribution in [0.5, 0.6) is 17.2 Å². The average molecular weight is 344 g/mol. The van der Waals surface area contributed by atoms with E-state index in [-0.39, 0.29) is 0 Å². The Kier molecular flexibility index (Phi) is 8.49. The lowest BCUT2D eigenvalue weighted by molar-refractivity contribution is 0.276. The number of ether oxygens (including phenoxy) is 3. The molecule has 0 aromatic heterocycles. The van der Waals surface area contributed by atoms with E-state index in [1.807, 2.05) is 55.5 Å². The number of anilines is 1. The van der Waals surface area contributed by atoms with Crippen molar-refractivity contribution in [3.05, 3.63) is 48.5 Å². The largest absolute Gasteiger partial charge is 0.497 e. The minimum atomic E-state index is 0.621. The quantitative estimate of drug-likeness (QED) is 0.577. The smallest absolute Gasteiger partial charge is 0.161 e. The number of benzene rings is 2. The highest BCUT2D eigenvalue weighted by atomic mass is 16.5. The Morgan fingerprint density at radius 2 is 1.56 bits per heavy atom. The summed E-state index contributed by atoms with van der Waals surface area (Å²) in [4.78, 5) is 0. The van der Waals surface area contributed by atoms with Gasteiger partial charge in [0.1, 0.15) is 12.4 Å². The van der Waals surface area contributed by atoms with Crippen molar-refractivity contribution in [2.24, 2.45) is 0 Å². The molecule has 0 saturated heterocycles. The summed E-state index contributed by atoms with van der Waals surface area (Å²) < 4.78 is 16.5. The summed E-state index contributed by atoms with van der Waals surface area (Å²) in [5, 5.41) is 6.78. The van der Waals surface area contributed by atoms with Crippen LogP contribution in [0.2, 0.25) is 0 Å². The Labute approximate surface area is 150 Å². The zero-order valence-electron chi connectivity index (χ0n) is 15.1. The number of para-hydroxylation sites is 2. The Morgan fingerprint density at radius 3 is 2.24 bits per heavy atom. The normalized spacial score (nSPS) is 10.3. The molecule has 25 heavy (non-hydrogen) atoms. The minimum Gasteiger partial charge on any atom is -0.497 e. The molecular formula is C20H28N2O3. The van der Waals surface area contributed by atoms with Crippen LogP contribution in [0.3, 0.4) is 0 Å². The van der Waals surface area contributed by atoms with Crippen molar-refractivity contribution in [2.45, 2.75) is 13.3 Å². The summed E-state index contributed by atoms with van der Waals surface area (Å²) in [6.07, 6.45) is 1.04. The molecule has 0 bridgehead atoms. The number of rotatable bonds is 12. The van der Waals surface area contributed by atoms with E-state index in [4.69, 9.17) is 14.2 Å². The molecule has 2 rings (SSSR count). The molecule has 0 atom stereocenters. The van der Waals surface area contributed by atoms with Gasteiger partial charge in [-0.05, 0) is 56.3 Å². The fourth-order valence-corrected chi connectivity index (χ4v) is 2.36. The van der Waals surface area contributed by atoms with Crippen LogP contribution in [0.25, 0.3) is 0 Å². The monoisotopic (exact) mass is 344 g/mol. The summed E-state index contributed by atoms with van der Waals surface area (Å²) in [6.45, 7) is 5.91. The molecular weight excluding hydrogens is 316 g/mol. The molecule has 0 aliphatic rings. The standard InChI is InChI=1S/C20H28N2O3/c1-3-24-19-7-4-5-8-20(19)25-16-15-21-13-6-14-22-17-9-11-18(23-2)12-10-17/h4-5,7-12,21-22H,3,6,13-16H2,1-2H3. The minimum absolute atomic E-state index is 0.621. The average Bonchev–Trinajstić information content (AvgIpc) is 2.66. The summed E-state index contributed by atoms with van der Waals surface area (Å²) >= 11 is 0. The lowest BCUT2D eigenvalue weighted by Gasteiger charge is -2.12. The maximum atomic E-state index is 5.77. The molecule has 5 nitrogen and oxygen atoms in total. The Balaban J connectivity index is 1.53. The van der Waals surface area contributed by atoms with Crippen LogP contribution in [0.4, 0.5) is 5.69 Å². The van der Waals surface area contributed by atoms with Gasteiger partial charge in [-0.2, -0.15) is 0 Å². The zero-order chi connectivity index (χ0) is 17.7. The van der Waals surface area contributed by atoms with Gasteiger partial charge in [-0.1, -0.05) is 12.1 Å². The Hall–Kier alpha value is -2.40. The van der Waals surface area contributed by atoms with Gasteiger partial charge in [-0.3, -0.25) is 0 Å². The van der Waals surface area contributed by atoms with E-state index in [1.54, 1.807) is 7.11 Å². The topological polar surface area (TPSA) is 51.8 Å². The van der Waals surface area contributed by atoms with Gasteiger partial charge in [0.15, 0.2) is 11.5 Å². The first kappa shape index (κ1) is 18.9. The van der Waals surface area contributed by atoms with Crippen molar-refractivity contribution in [3.63, 3.8) is 0 Å². The molecule has 0 saturated carbocycles. The molecule has 0 aliphatic heterocycles. The van der Waals surface area contributed by atoms with Crippen molar-refractivity contribution in [1.82, 2.24) is 5.32 Å². The number of hydrogen-bond donors (Lipinski definition) is 2. The van der Waals surface area contributed by atoms with Crippen LogP contribution in [0.15, 0.2) is 48.5 Å². The molecule has 136 valence electrons. The molecule has 0 aliphatic carbocycles. The fourth-order valence-electron chi connectivity index (χ4n) is 2.36. The van der Waals surface area contributed by atoms with Crippen molar-refractivity contribution in [3.8, 4) is 17.2 Å². The van der Waals surface area contributed by atoms with Gasteiger partial charge in [0.2, 0.25) is 0 Å². The number of hydrogen-bond acceptors (Lipinski definition) is 5. The second kappa shape index (κ2) is 11.2. The van der Waals surface area contributed by atoms with Gasteiger partial charge >= 0.3 is 0 Å². The Morgan fingerprint density at radius 1 is 0.840 bits per heavy atom. The van der Waals surface area contributed by atoms with Crippen LogP contribution < -0.4 is 24.8 Å². The summed E-state index contributed by atoms with van der Waals surface area (Å²) in [5.74, 6) is 2.47. The van der Waals surface area contributed by atoms with Crippen LogP contribution in [0, 0.1) is 0 Å². The van der Waals surface area contributed by atoms with Gasteiger partial charge in [-0.15, -0.1) is 0 Å². The van der Waals surface area contributed by atoms with Crippen molar-refractivity contribution < 1.29 is 14.2 Å². The van der Waals surface area contributed by atoms with E-state index in [0.29, 0.717) is 13.2 Å². The SMILES string of the molecule is CCOc1ccccc1OCCNCCCNc1ccc(OC)cc1.